The highest BCUT2D eigenvalue weighted by atomic mass is 32.1. The number of carboxylic acids is 1. The molecule has 8 heteroatoms. The molecule has 5 rings (SSSR count). The molecule has 4 aromatic carbocycles. The average Bonchev–Trinajstić information content (AvgIpc) is 2.93. The van der Waals surface area contributed by atoms with Crippen LogP contribution in [0, 0.1) is 0 Å². The first-order valence-electron chi connectivity index (χ1n) is 12.0. The van der Waals surface area contributed by atoms with Crippen LogP contribution in [0.25, 0.3) is 17.2 Å². The van der Waals surface area contributed by atoms with Gasteiger partial charge in [0.15, 0.2) is 5.11 Å². The lowest BCUT2D eigenvalue weighted by molar-refractivity contribution is -0.136. The van der Waals surface area contributed by atoms with Crippen molar-refractivity contribution in [3.05, 3.63) is 120 Å². The van der Waals surface area contributed by atoms with E-state index < -0.39 is 17.8 Å². The van der Waals surface area contributed by atoms with E-state index in [9.17, 15) is 14.4 Å². The van der Waals surface area contributed by atoms with E-state index in [2.05, 4.69) is 5.32 Å². The van der Waals surface area contributed by atoms with Gasteiger partial charge in [-0.15, -0.1) is 0 Å². The van der Waals surface area contributed by atoms with E-state index in [4.69, 9.17) is 22.1 Å². The minimum atomic E-state index is -0.894. The number of aliphatic carboxylic acids is 1. The number of carbonyl (C=O) groups is 3. The van der Waals surface area contributed by atoms with Crippen LogP contribution in [0.2, 0.25) is 0 Å². The minimum Gasteiger partial charge on any atom is -0.481 e. The van der Waals surface area contributed by atoms with Crippen LogP contribution in [-0.2, 0) is 20.8 Å². The maximum Gasteiger partial charge on any atom is 0.307 e. The van der Waals surface area contributed by atoms with E-state index in [1.54, 1.807) is 42.5 Å². The number of anilines is 1. The Bertz CT molecular complexity index is 1600. The molecular formula is C31H22N2O5S. The Balaban J connectivity index is 1.35. The van der Waals surface area contributed by atoms with Crippen LogP contribution in [0.1, 0.15) is 11.1 Å². The monoisotopic (exact) mass is 534 g/mol. The summed E-state index contributed by atoms with van der Waals surface area (Å²) in [5, 5.41) is 11.6. The quantitative estimate of drug-likeness (QED) is 0.182. The van der Waals surface area contributed by atoms with Crippen LogP contribution in [-0.4, -0.2) is 28.0 Å². The van der Waals surface area contributed by atoms with E-state index in [1.807, 2.05) is 60.7 Å². The largest absolute Gasteiger partial charge is 0.481 e. The zero-order chi connectivity index (χ0) is 27.4. The van der Waals surface area contributed by atoms with Crippen molar-refractivity contribution < 1.29 is 24.2 Å². The summed E-state index contributed by atoms with van der Waals surface area (Å²) in [6, 6.07) is 30.8. The number of amides is 2. The molecule has 1 heterocycles. The molecule has 2 N–H and O–H groups in total. The fraction of sp³-hybridized carbons (Fsp3) is 0.0323. The molecule has 0 aliphatic carbocycles. The number of benzene rings is 4. The summed E-state index contributed by atoms with van der Waals surface area (Å²) in [6.07, 6.45) is 1.46. The van der Waals surface area contributed by atoms with Crippen molar-refractivity contribution >= 4 is 46.9 Å². The second-order valence-corrected chi connectivity index (χ2v) is 9.15. The van der Waals surface area contributed by atoms with Crippen LogP contribution >= 0.6 is 12.2 Å². The second-order valence-electron chi connectivity index (χ2n) is 8.76. The van der Waals surface area contributed by atoms with Crippen molar-refractivity contribution in [2.75, 3.05) is 4.90 Å². The number of thiocarbonyl (C=S) groups is 1. The average molecular weight is 535 g/mol. The van der Waals surface area contributed by atoms with Gasteiger partial charge >= 0.3 is 5.97 Å². The summed E-state index contributed by atoms with van der Waals surface area (Å²) < 4.78 is 5.81. The highest BCUT2D eigenvalue weighted by molar-refractivity contribution is 7.80. The highest BCUT2D eigenvalue weighted by Gasteiger charge is 2.34. The van der Waals surface area contributed by atoms with E-state index in [-0.39, 0.29) is 17.1 Å². The predicted octanol–water partition coefficient (Wildman–Crippen LogP) is 5.60. The number of ether oxygens (including phenoxy) is 1. The Hall–Kier alpha value is -5.08. The Morgan fingerprint density at radius 2 is 1.54 bits per heavy atom. The molecule has 192 valence electrons. The van der Waals surface area contributed by atoms with Crippen molar-refractivity contribution in [2.45, 2.75) is 6.42 Å². The SMILES string of the molecule is O=C(O)Cc1cccc(-c2ccc(/C=C3\C(=O)NC(=S)N(c4ccc(Oc5ccccc5)cc4)C3=O)cc2)c1. The van der Waals surface area contributed by atoms with Gasteiger partial charge in [0, 0.05) is 0 Å². The molecule has 0 unspecified atom stereocenters. The Morgan fingerprint density at radius 3 is 2.23 bits per heavy atom. The third-order valence-corrected chi connectivity index (χ3v) is 6.30. The number of carbonyl (C=O) groups excluding carboxylic acids is 2. The standard InChI is InChI=1S/C31H22N2O5S/c34-28(35)19-21-5-4-6-23(17-21)22-11-9-20(10-12-22)18-27-29(36)32-31(39)33(30(27)37)24-13-15-26(16-14-24)38-25-7-2-1-3-8-25/h1-18H,19H2,(H,34,35)(H,32,36,39)/b27-18+. The van der Waals surface area contributed by atoms with E-state index in [0.717, 1.165) is 11.1 Å². The van der Waals surface area contributed by atoms with Crippen molar-refractivity contribution in [3.63, 3.8) is 0 Å². The van der Waals surface area contributed by atoms with Gasteiger partial charge in [0.1, 0.15) is 17.1 Å². The van der Waals surface area contributed by atoms with Gasteiger partial charge in [0.05, 0.1) is 12.1 Å². The van der Waals surface area contributed by atoms with Gasteiger partial charge in [-0.2, -0.15) is 0 Å². The fourth-order valence-corrected chi connectivity index (χ4v) is 4.43. The first-order valence-corrected chi connectivity index (χ1v) is 12.4. The lowest BCUT2D eigenvalue weighted by Crippen LogP contribution is -2.54. The maximum absolute atomic E-state index is 13.4. The minimum absolute atomic E-state index is 0.00420. The van der Waals surface area contributed by atoms with Crippen LogP contribution in [0.3, 0.4) is 0 Å². The number of nitrogens with one attached hydrogen (secondary N) is 1. The lowest BCUT2D eigenvalue weighted by Gasteiger charge is -2.29. The van der Waals surface area contributed by atoms with Crippen LogP contribution in [0.4, 0.5) is 5.69 Å². The summed E-state index contributed by atoms with van der Waals surface area (Å²) in [6.45, 7) is 0. The Kier molecular flexibility index (Phi) is 7.29. The van der Waals surface area contributed by atoms with Gasteiger partial charge in [-0.25, -0.2) is 0 Å². The topological polar surface area (TPSA) is 95.9 Å². The van der Waals surface area contributed by atoms with Gasteiger partial charge in [-0.05, 0) is 76.9 Å². The predicted molar refractivity (Wildman–Crippen MR) is 152 cm³/mol. The Labute approximate surface area is 230 Å². The van der Waals surface area contributed by atoms with Gasteiger partial charge in [0.25, 0.3) is 11.8 Å². The molecule has 1 aliphatic heterocycles. The zero-order valence-corrected chi connectivity index (χ0v) is 21.4. The number of carboxylic acid groups (broad SMARTS) is 1. The number of rotatable bonds is 7. The summed E-state index contributed by atoms with van der Waals surface area (Å²) in [5.41, 5.74) is 3.54. The third kappa shape index (κ3) is 5.92. The van der Waals surface area contributed by atoms with Gasteiger partial charge in [-0.3, -0.25) is 24.6 Å². The molecule has 4 aromatic rings. The number of para-hydroxylation sites is 1. The van der Waals surface area contributed by atoms with E-state index in [0.29, 0.717) is 28.3 Å². The molecule has 0 spiro atoms. The molecule has 0 atom stereocenters. The second kappa shape index (κ2) is 11.1. The molecular weight excluding hydrogens is 512 g/mol. The molecule has 0 aromatic heterocycles. The molecule has 1 saturated heterocycles. The lowest BCUT2D eigenvalue weighted by atomic mass is 9.99. The molecule has 0 saturated carbocycles. The fourth-order valence-electron chi connectivity index (χ4n) is 4.15. The van der Waals surface area contributed by atoms with Crippen molar-refractivity contribution in [1.29, 1.82) is 0 Å². The molecule has 0 radical (unpaired) electrons. The van der Waals surface area contributed by atoms with Crippen LogP contribution < -0.4 is 15.0 Å². The van der Waals surface area contributed by atoms with Crippen molar-refractivity contribution in [3.8, 4) is 22.6 Å². The van der Waals surface area contributed by atoms with E-state index in [1.165, 1.54) is 11.0 Å². The van der Waals surface area contributed by atoms with Crippen LogP contribution in [0.5, 0.6) is 11.5 Å². The molecule has 7 nitrogen and oxygen atoms in total. The van der Waals surface area contributed by atoms with Crippen molar-refractivity contribution in [2.24, 2.45) is 0 Å². The highest BCUT2D eigenvalue weighted by Crippen LogP contribution is 2.28. The first kappa shape index (κ1) is 25.6. The Morgan fingerprint density at radius 1 is 0.846 bits per heavy atom. The molecule has 2 amide bonds. The number of hydrogen-bond acceptors (Lipinski definition) is 5. The maximum atomic E-state index is 13.4. The molecule has 1 aliphatic rings. The number of hydrogen-bond donors (Lipinski definition) is 2. The molecule has 1 fully saturated rings. The van der Waals surface area contributed by atoms with E-state index >= 15 is 0 Å². The molecule has 0 bridgehead atoms. The molecule has 39 heavy (non-hydrogen) atoms. The van der Waals surface area contributed by atoms with Crippen molar-refractivity contribution in [1.82, 2.24) is 5.32 Å². The van der Waals surface area contributed by atoms with Gasteiger partial charge in [-0.1, -0.05) is 66.7 Å². The first-order chi connectivity index (χ1) is 18.9. The summed E-state index contributed by atoms with van der Waals surface area (Å²) >= 11 is 5.30. The smallest absolute Gasteiger partial charge is 0.307 e. The summed E-state index contributed by atoms with van der Waals surface area (Å²) in [4.78, 5) is 38.4. The third-order valence-electron chi connectivity index (χ3n) is 6.01. The zero-order valence-electron chi connectivity index (χ0n) is 20.5. The van der Waals surface area contributed by atoms with Gasteiger partial charge < -0.3 is 9.84 Å². The van der Waals surface area contributed by atoms with Gasteiger partial charge in [0.2, 0.25) is 0 Å². The summed E-state index contributed by atoms with van der Waals surface area (Å²) in [5.74, 6) is -0.726. The normalized spacial score (nSPS) is 14.3. The summed E-state index contributed by atoms with van der Waals surface area (Å²) in [7, 11) is 0. The van der Waals surface area contributed by atoms with Crippen LogP contribution in [0.15, 0.2) is 109 Å². The number of nitrogens with zero attached hydrogens (tertiary/aromatic N) is 1.